The molecule has 0 aromatic rings. The lowest BCUT2D eigenvalue weighted by Gasteiger charge is -2.21. The molecule has 0 amide bonds. The standard InChI is InChI=1S/C12H19NO2/c1-13(2)9-11(12(14)15)8-10-6-4-3-5-7-10/h3-6,10-11H,7-9H2,1-2H3,(H,14,15)/t10?,11-/m0/s1. The molecule has 0 heterocycles. The molecular weight excluding hydrogens is 190 g/mol. The van der Waals surface area contributed by atoms with Gasteiger partial charge in [0.1, 0.15) is 0 Å². The zero-order chi connectivity index (χ0) is 11.3. The van der Waals surface area contributed by atoms with E-state index in [-0.39, 0.29) is 5.92 Å². The van der Waals surface area contributed by atoms with Gasteiger partial charge in [0.05, 0.1) is 5.92 Å². The monoisotopic (exact) mass is 209 g/mol. The summed E-state index contributed by atoms with van der Waals surface area (Å²) in [5, 5.41) is 9.08. The van der Waals surface area contributed by atoms with E-state index >= 15 is 0 Å². The molecule has 3 nitrogen and oxygen atoms in total. The van der Waals surface area contributed by atoms with Crippen LogP contribution in [-0.4, -0.2) is 36.6 Å². The van der Waals surface area contributed by atoms with Crippen LogP contribution in [0.4, 0.5) is 0 Å². The number of carboxylic acid groups (broad SMARTS) is 1. The molecule has 0 radical (unpaired) electrons. The van der Waals surface area contributed by atoms with Gasteiger partial charge in [-0.15, -0.1) is 0 Å². The van der Waals surface area contributed by atoms with Gasteiger partial charge in [-0.3, -0.25) is 4.79 Å². The van der Waals surface area contributed by atoms with E-state index in [1.807, 2.05) is 31.1 Å². The summed E-state index contributed by atoms with van der Waals surface area (Å²) in [6.45, 7) is 0.614. The number of allylic oxidation sites excluding steroid dienone is 4. The van der Waals surface area contributed by atoms with Crippen LogP contribution in [0.5, 0.6) is 0 Å². The lowest BCUT2D eigenvalue weighted by Crippen LogP contribution is -2.29. The van der Waals surface area contributed by atoms with Gasteiger partial charge in [0.15, 0.2) is 0 Å². The van der Waals surface area contributed by atoms with Gasteiger partial charge in [-0.05, 0) is 32.9 Å². The Labute approximate surface area is 91.1 Å². The molecular formula is C12H19NO2. The average Bonchev–Trinajstić information content (AvgIpc) is 2.17. The van der Waals surface area contributed by atoms with Gasteiger partial charge in [0, 0.05) is 6.54 Å². The van der Waals surface area contributed by atoms with Gasteiger partial charge in [0.25, 0.3) is 0 Å². The molecule has 3 heteroatoms. The molecule has 0 aromatic carbocycles. The van der Waals surface area contributed by atoms with Crippen molar-refractivity contribution >= 4 is 5.97 Å². The zero-order valence-corrected chi connectivity index (χ0v) is 9.39. The minimum atomic E-state index is -0.688. The first-order chi connectivity index (χ1) is 7.09. The quantitative estimate of drug-likeness (QED) is 0.750. The molecule has 0 spiro atoms. The summed E-state index contributed by atoms with van der Waals surface area (Å²) in [6.07, 6.45) is 9.91. The highest BCUT2D eigenvalue weighted by molar-refractivity contribution is 5.70. The molecule has 1 N–H and O–H groups in total. The molecule has 0 aromatic heterocycles. The van der Waals surface area contributed by atoms with E-state index in [4.69, 9.17) is 5.11 Å². The Morgan fingerprint density at radius 3 is 2.73 bits per heavy atom. The first-order valence-electron chi connectivity index (χ1n) is 5.30. The second-order valence-corrected chi connectivity index (χ2v) is 4.34. The first kappa shape index (κ1) is 12.0. The van der Waals surface area contributed by atoms with Crippen molar-refractivity contribution in [2.45, 2.75) is 12.8 Å². The third-order valence-electron chi connectivity index (χ3n) is 2.59. The molecule has 84 valence electrons. The Kier molecular flexibility index (Phi) is 4.56. The van der Waals surface area contributed by atoms with Crippen molar-refractivity contribution in [1.29, 1.82) is 0 Å². The van der Waals surface area contributed by atoms with E-state index in [0.717, 1.165) is 12.8 Å². The second-order valence-electron chi connectivity index (χ2n) is 4.34. The van der Waals surface area contributed by atoms with Gasteiger partial charge in [0.2, 0.25) is 0 Å². The molecule has 1 unspecified atom stereocenters. The summed E-state index contributed by atoms with van der Waals surface area (Å²) >= 11 is 0. The molecule has 1 rings (SSSR count). The Morgan fingerprint density at radius 1 is 1.53 bits per heavy atom. The number of aliphatic carboxylic acids is 1. The lowest BCUT2D eigenvalue weighted by atomic mass is 9.89. The van der Waals surface area contributed by atoms with Crippen molar-refractivity contribution < 1.29 is 9.90 Å². The van der Waals surface area contributed by atoms with Crippen molar-refractivity contribution in [1.82, 2.24) is 4.90 Å². The fourth-order valence-corrected chi connectivity index (χ4v) is 1.87. The fourth-order valence-electron chi connectivity index (χ4n) is 1.87. The van der Waals surface area contributed by atoms with Crippen LogP contribution in [0, 0.1) is 11.8 Å². The molecule has 0 saturated carbocycles. The van der Waals surface area contributed by atoms with Crippen molar-refractivity contribution in [2.75, 3.05) is 20.6 Å². The lowest BCUT2D eigenvalue weighted by molar-refractivity contribution is -0.142. The number of hydrogen-bond acceptors (Lipinski definition) is 2. The van der Waals surface area contributed by atoms with E-state index in [1.165, 1.54) is 0 Å². The van der Waals surface area contributed by atoms with Crippen LogP contribution < -0.4 is 0 Å². The Morgan fingerprint density at radius 2 is 2.27 bits per heavy atom. The Hall–Kier alpha value is -1.09. The van der Waals surface area contributed by atoms with Crippen LogP contribution in [0.3, 0.4) is 0 Å². The summed E-state index contributed by atoms with van der Waals surface area (Å²) in [4.78, 5) is 13.0. The average molecular weight is 209 g/mol. The second kappa shape index (κ2) is 5.71. The van der Waals surface area contributed by atoms with Crippen LogP contribution in [0.15, 0.2) is 24.3 Å². The zero-order valence-electron chi connectivity index (χ0n) is 9.39. The van der Waals surface area contributed by atoms with Gasteiger partial charge < -0.3 is 10.0 Å². The number of carbonyl (C=O) groups is 1. The highest BCUT2D eigenvalue weighted by Crippen LogP contribution is 2.21. The molecule has 0 fully saturated rings. The van der Waals surface area contributed by atoms with Crippen LogP contribution in [0.1, 0.15) is 12.8 Å². The predicted octanol–water partition coefficient (Wildman–Crippen LogP) is 1.77. The molecule has 2 atom stereocenters. The summed E-state index contributed by atoms with van der Waals surface area (Å²) in [7, 11) is 3.82. The summed E-state index contributed by atoms with van der Waals surface area (Å²) < 4.78 is 0. The summed E-state index contributed by atoms with van der Waals surface area (Å²) in [6, 6.07) is 0. The maximum absolute atomic E-state index is 11.0. The number of rotatable bonds is 5. The van der Waals surface area contributed by atoms with E-state index < -0.39 is 5.97 Å². The van der Waals surface area contributed by atoms with Crippen molar-refractivity contribution in [3.05, 3.63) is 24.3 Å². The van der Waals surface area contributed by atoms with Crippen LogP contribution in [0.25, 0.3) is 0 Å². The maximum atomic E-state index is 11.0. The van der Waals surface area contributed by atoms with Crippen LogP contribution in [-0.2, 0) is 4.79 Å². The first-order valence-corrected chi connectivity index (χ1v) is 5.30. The van der Waals surface area contributed by atoms with Gasteiger partial charge >= 0.3 is 5.97 Å². The predicted molar refractivity (Wildman–Crippen MR) is 60.7 cm³/mol. The molecule has 1 aliphatic rings. The van der Waals surface area contributed by atoms with Crippen molar-refractivity contribution in [3.8, 4) is 0 Å². The smallest absolute Gasteiger partial charge is 0.307 e. The van der Waals surface area contributed by atoms with Crippen LogP contribution >= 0.6 is 0 Å². The van der Waals surface area contributed by atoms with Gasteiger partial charge in [-0.2, -0.15) is 0 Å². The van der Waals surface area contributed by atoms with Gasteiger partial charge in [-0.25, -0.2) is 0 Å². The summed E-state index contributed by atoms with van der Waals surface area (Å²) in [5.41, 5.74) is 0. The summed E-state index contributed by atoms with van der Waals surface area (Å²) in [5.74, 6) is -0.566. The van der Waals surface area contributed by atoms with E-state index in [1.54, 1.807) is 0 Å². The normalized spacial score (nSPS) is 21.9. The van der Waals surface area contributed by atoms with Gasteiger partial charge in [-0.1, -0.05) is 24.3 Å². The Balaban J connectivity index is 2.47. The maximum Gasteiger partial charge on any atom is 0.307 e. The number of hydrogen-bond donors (Lipinski definition) is 1. The highest BCUT2D eigenvalue weighted by atomic mass is 16.4. The van der Waals surface area contributed by atoms with Crippen molar-refractivity contribution in [2.24, 2.45) is 11.8 Å². The fraction of sp³-hybridized carbons (Fsp3) is 0.583. The molecule has 1 aliphatic carbocycles. The van der Waals surface area contributed by atoms with E-state index in [2.05, 4.69) is 12.2 Å². The third-order valence-corrected chi connectivity index (χ3v) is 2.59. The van der Waals surface area contributed by atoms with Crippen molar-refractivity contribution in [3.63, 3.8) is 0 Å². The topological polar surface area (TPSA) is 40.5 Å². The largest absolute Gasteiger partial charge is 0.481 e. The third kappa shape index (κ3) is 4.30. The molecule has 15 heavy (non-hydrogen) atoms. The molecule has 0 saturated heterocycles. The van der Waals surface area contributed by atoms with E-state index in [0.29, 0.717) is 12.5 Å². The SMILES string of the molecule is CN(C)C[C@H](CC1C=CC=CC1)C(=O)O. The minimum absolute atomic E-state index is 0.263. The van der Waals surface area contributed by atoms with Crippen LogP contribution in [0.2, 0.25) is 0 Å². The molecule has 0 bridgehead atoms. The Bertz CT molecular complexity index is 269. The molecule has 0 aliphatic heterocycles. The minimum Gasteiger partial charge on any atom is -0.481 e. The van der Waals surface area contributed by atoms with E-state index in [9.17, 15) is 4.79 Å². The highest BCUT2D eigenvalue weighted by Gasteiger charge is 2.21. The number of nitrogens with zero attached hydrogens (tertiary/aromatic N) is 1. The number of carboxylic acids is 1.